The normalized spacial score (nSPS) is 13.9. The number of nitrogens with zero attached hydrogens (tertiary/aromatic N) is 4. The number of fused-ring (bicyclic) bond motifs is 1. The number of halogens is 2. The molecular formula is C21H22ClFN6. The van der Waals surface area contributed by atoms with E-state index in [0.717, 1.165) is 35.5 Å². The second-order valence-corrected chi connectivity index (χ2v) is 7.49. The number of benzene rings is 1. The Balaban J connectivity index is 1.63. The summed E-state index contributed by atoms with van der Waals surface area (Å²) in [5.41, 5.74) is 3.31. The van der Waals surface area contributed by atoms with Gasteiger partial charge < -0.3 is 15.5 Å². The molecule has 0 spiro atoms. The monoisotopic (exact) mass is 412 g/mol. The van der Waals surface area contributed by atoms with Gasteiger partial charge in [0, 0.05) is 25.9 Å². The van der Waals surface area contributed by atoms with Gasteiger partial charge in [0.2, 0.25) is 0 Å². The minimum Gasteiger partial charge on any atom is -0.357 e. The Morgan fingerprint density at radius 3 is 2.79 bits per heavy atom. The summed E-state index contributed by atoms with van der Waals surface area (Å²) >= 11 is 5.86. The van der Waals surface area contributed by atoms with Crippen LogP contribution in [0.1, 0.15) is 12.5 Å². The summed E-state index contributed by atoms with van der Waals surface area (Å²) < 4.78 is 16.8. The van der Waals surface area contributed by atoms with Gasteiger partial charge in [-0.1, -0.05) is 18.2 Å². The fourth-order valence-electron chi connectivity index (χ4n) is 3.69. The first-order valence-corrected chi connectivity index (χ1v) is 9.71. The highest BCUT2D eigenvalue weighted by molar-refractivity contribution is 6.28. The first kappa shape index (κ1) is 19.3. The third-order valence-electron chi connectivity index (χ3n) is 5.05. The lowest BCUT2D eigenvalue weighted by Crippen LogP contribution is -2.41. The lowest BCUT2D eigenvalue weighted by molar-refractivity contribution is 0.570. The van der Waals surface area contributed by atoms with Crippen LogP contribution in [0.2, 0.25) is 0 Å². The molecule has 0 saturated heterocycles. The highest BCUT2D eigenvalue weighted by atomic mass is 35.5. The molecule has 2 aromatic heterocycles. The van der Waals surface area contributed by atoms with Crippen molar-refractivity contribution in [1.82, 2.24) is 20.1 Å². The van der Waals surface area contributed by atoms with Crippen LogP contribution in [0.5, 0.6) is 0 Å². The molecule has 8 heteroatoms. The lowest BCUT2D eigenvalue weighted by atomic mass is 10.0. The van der Waals surface area contributed by atoms with Crippen LogP contribution in [-0.2, 0) is 13.5 Å². The summed E-state index contributed by atoms with van der Waals surface area (Å²) in [5.74, 6) is 1.25. The summed E-state index contributed by atoms with van der Waals surface area (Å²) in [6, 6.07) is 9.27. The van der Waals surface area contributed by atoms with Crippen molar-refractivity contribution in [3.05, 3.63) is 65.8 Å². The highest BCUT2D eigenvalue weighted by Gasteiger charge is 2.27. The van der Waals surface area contributed by atoms with Crippen LogP contribution in [-0.4, -0.2) is 27.5 Å². The molecule has 2 N–H and O–H groups in total. The third-order valence-corrected chi connectivity index (χ3v) is 5.16. The molecule has 1 unspecified atom stereocenters. The zero-order valence-electron chi connectivity index (χ0n) is 16.3. The number of aryl methyl sites for hydroxylation is 1. The minimum absolute atomic E-state index is 0.141. The van der Waals surface area contributed by atoms with Crippen molar-refractivity contribution in [2.24, 2.45) is 7.05 Å². The van der Waals surface area contributed by atoms with Crippen molar-refractivity contribution >= 4 is 28.9 Å². The molecule has 0 amide bonds. The number of pyridine rings is 1. The molecule has 1 aliphatic heterocycles. The van der Waals surface area contributed by atoms with Gasteiger partial charge in [-0.2, -0.15) is 5.10 Å². The van der Waals surface area contributed by atoms with Crippen molar-refractivity contribution < 1.29 is 4.39 Å². The number of anilines is 3. The smallest absolute Gasteiger partial charge is 0.147 e. The zero-order chi connectivity index (χ0) is 20.5. The van der Waals surface area contributed by atoms with E-state index in [4.69, 9.17) is 11.6 Å². The molecule has 0 fully saturated rings. The Hall–Kier alpha value is -3.06. The molecule has 0 saturated carbocycles. The van der Waals surface area contributed by atoms with Gasteiger partial charge in [-0.25, -0.2) is 9.37 Å². The summed E-state index contributed by atoms with van der Waals surface area (Å²) in [4.78, 5) is 6.33. The molecule has 0 radical (unpaired) electrons. The van der Waals surface area contributed by atoms with Crippen molar-refractivity contribution in [2.75, 3.05) is 16.8 Å². The maximum atomic E-state index is 15.1. The molecule has 150 valence electrons. The predicted octanol–water partition coefficient (Wildman–Crippen LogP) is 4.37. The quantitative estimate of drug-likeness (QED) is 0.589. The maximum Gasteiger partial charge on any atom is 0.147 e. The van der Waals surface area contributed by atoms with E-state index in [0.29, 0.717) is 16.7 Å². The summed E-state index contributed by atoms with van der Waals surface area (Å²) in [6.07, 6.45) is 4.05. The van der Waals surface area contributed by atoms with Gasteiger partial charge in [0.25, 0.3) is 0 Å². The molecule has 1 aliphatic rings. The predicted molar refractivity (Wildman–Crippen MR) is 115 cm³/mol. The standard InChI is InChI=1S/C21H22ClFN6/c1-13(22)26-14(2)29-9-6-16-10-17(11-18(23)21(16)29)15-4-7-24-19(12-15)27-20-5-8-25-28(20)3/h4-5,7-8,10-12,14,26H,1,6,9H2,2-3H3,(H,24,27). The van der Waals surface area contributed by atoms with Crippen LogP contribution in [0, 0.1) is 5.82 Å². The number of rotatable bonds is 6. The lowest BCUT2D eigenvalue weighted by Gasteiger charge is -2.28. The van der Waals surface area contributed by atoms with Crippen LogP contribution in [0.3, 0.4) is 0 Å². The van der Waals surface area contributed by atoms with Crippen molar-refractivity contribution in [1.29, 1.82) is 0 Å². The fraction of sp³-hybridized carbons (Fsp3) is 0.238. The Morgan fingerprint density at radius 1 is 1.24 bits per heavy atom. The summed E-state index contributed by atoms with van der Waals surface area (Å²) in [7, 11) is 1.85. The first-order valence-electron chi connectivity index (χ1n) is 9.34. The summed E-state index contributed by atoms with van der Waals surface area (Å²) in [6.45, 7) is 6.32. The van der Waals surface area contributed by atoms with Gasteiger partial charge >= 0.3 is 0 Å². The number of nitrogens with one attached hydrogen (secondary N) is 2. The van der Waals surface area contributed by atoms with E-state index in [9.17, 15) is 0 Å². The van der Waals surface area contributed by atoms with E-state index in [-0.39, 0.29) is 12.0 Å². The van der Waals surface area contributed by atoms with Crippen LogP contribution in [0.4, 0.5) is 21.7 Å². The molecular weight excluding hydrogens is 391 g/mol. The number of aromatic nitrogens is 3. The Bertz CT molecular complexity index is 1060. The molecule has 4 rings (SSSR count). The van der Waals surface area contributed by atoms with E-state index in [1.807, 2.05) is 43.1 Å². The molecule has 3 aromatic rings. The van der Waals surface area contributed by atoms with Crippen molar-refractivity contribution in [3.63, 3.8) is 0 Å². The fourth-order valence-corrected chi connectivity index (χ4v) is 3.84. The first-order chi connectivity index (χ1) is 13.9. The minimum atomic E-state index is -0.248. The molecule has 1 atom stereocenters. The van der Waals surface area contributed by atoms with Gasteiger partial charge in [0.15, 0.2) is 0 Å². The second kappa shape index (κ2) is 7.75. The van der Waals surface area contributed by atoms with Crippen molar-refractivity contribution in [2.45, 2.75) is 19.5 Å². The zero-order valence-corrected chi connectivity index (χ0v) is 17.0. The average Bonchev–Trinajstić information content (AvgIpc) is 3.28. The molecule has 29 heavy (non-hydrogen) atoms. The highest BCUT2D eigenvalue weighted by Crippen LogP contribution is 2.36. The summed E-state index contributed by atoms with van der Waals surface area (Å²) in [5, 5.41) is 10.7. The molecule has 1 aromatic carbocycles. The number of hydrogen-bond acceptors (Lipinski definition) is 5. The van der Waals surface area contributed by atoms with Gasteiger partial charge in [-0.15, -0.1) is 0 Å². The average molecular weight is 413 g/mol. The largest absolute Gasteiger partial charge is 0.357 e. The van der Waals surface area contributed by atoms with Gasteiger partial charge in [0.1, 0.15) is 17.5 Å². The van der Waals surface area contributed by atoms with E-state index < -0.39 is 0 Å². The Morgan fingerprint density at radius 2 is 2.07 bits per heavy atom. The van der Waals surface area contributed by atoms with Crippen molar-refractivity contribution in [3.8, 4) is 11.1 Å². The van der Waals surface area contributed by atoms with E-state index in [1.54, 1.807) is 23.1 Å². The van der Waals surface area contributed by atoms with Crippen LogP contribution in [0.15, 0.2) is 54.5 Å². The van der Waals surface area contributed by atoms with E-state index in [2.05, 4.69) is 27.3 Å². The topological polar surface area (TPSA) is 58.0 Å². The SMILES string of the molecule is C=C(Cl)NC(C)N1CCc2cc(-c3ccnc(Nc4ccnn4C)c3)cc(F)c21. The third kappa shape index (κ3) is 3.91. The maximum absolute atomic E-state index is 15.1. The molecule has 6 nitrogen and oxygen atoms in total. The molecule has 3 heterocycles. The Labute approximate surface area is 174 Å². The molecule has 0 bridgehead atoms. The van der Waals surface area contributed by atoms with Gasteiger partial charge in [-0.3, -0.25) is 4.68 Å². The Kier molecular flexibility index (Phi) is 5.15. The van der Waals surface area contributed by atoms with Gasteiger partial charge in [0.05, 0.1) is 23.2 Å². The van der Waals surface area contributed by atoms with E-state index in [1.165, 1.54) is 0 Å². The van der Waals surface area contributed by atoms with E-state index >= 15 is 4.39 Å². The molecule has 0 aliphatic carbocycles. The van der Waals surface area contributed by atoms with Gasteiger partial charge in [-0.05, 0) is 54.3 Å². The van der Waals surface area contributed by atoms with Crippen LogP contribution >= 0.6 is 11.6 Å². The van der Waals surface area contributed by atoms with Crippen LogP contribution < -0.4 is 15.5 Å². The van der Waals surface area contributed by atoms with Crippen LogP contribution in [0.25, 0.3) is 11.1 Å². The number of hydrogen-bond donors (Lipinski definition) is 2. The second-order valence-electron chi connectivity index (χ2n) is 7.03.